The Kier molecular flexibility index (Phi) is 6.80. The molecule has 0 radical (unpaired) electrons. The highest BCUT2D eigenvalue weighted by Crippen LogP contribution is 2.39. The van der Waals surface area contributed by atoms with Crippen LogP contribution in [0, 0.1) is 12.7 Å². The minimum Gasteiger partial charge on any atom is -0.368 e. The number of hydrogen-bond donors (Lipinski definition) is 2. The minimum atomic E-state index is -2.99. The van der Waals surface area contributed by atoms with Gasteiger partial charge in [0.25, 0.3) is 12.3 Å². The molecule has 12 heteroatoms. The number of benzene rings is 1. The van der Waals surface area contributed by atoms with Gasteiger partial charge in [0.1, 0.15) is 25.3 Å². The van der Waals surface area contributed by atoms with Gasteiger partial charge in [-0.1, -0.05) is 18.2 Å². The molecule has 2 N–H and O–H groups in total. The zero-order valence-corrected chi connectivity index (χ0v) is 19.9. The molecule has 2 atom stereocenters. The third-order valence-electron chi connectivity index (χ3n) is 6.21. The average Bonchev–Trinajstić information content (AvgIpc) is 3.26. The summed E-state index contributed by atoms with van der Waals surface area (Å²) in [4.78, 5) is 21.2. The van der Waals surface area contributed by atoms with Crippen LogP contribution in [0.1, 0.15) is 73.8 Å². The maximum absolute atomic E-state index is 15.5. The Labute approximate surface area is 201 Å². The van der Waals surface area contributed by atoms with Crippen LogP contribution in [0.5, 0.6) is 0 Å². The van der Waals surface area contributed by atoms with Crippen molar-refractivity contribution < 1.29 is 31.8 Å². The van der Waals surface area contributed by atoms with Crippen LogP contribution in [0.3, 0.4) is 0 Å². The van der Waals surface area contributed by atoms with Crippen LogP contribution in [-0.4, -0.2) is 42.5 Å². The number of alkyl halides is 3. The van der Waals surface area contributed by atoms with Crippen LogP contribution >= 0.6 is 0 Å². The SMILES string of the molecule is B[C@](C)(Nc1nc(C)nc(C(F)C(=O)NC2(C)CC2)c1C1OCCO1)c1cccc(C(F)F)c1F. The Bertz CT molecular complexity index is 1120. The number of nitrogens with one attached hydrogen (secondary N) is 2. The van der Waals surface area contributed by atoms with Crippen molar-refractivity contribution in [2.75, 3.05) is 18.5 Å². The molecule has 1 saturated carbocycles. The first kappa shape index (κ1) is 25.4. The molecule has 1 saturated heterocycles. The van der Waals surface area contributed by atoms with E-state index in [4.69, 9.17) is 9.47 Å². The summed E-state index contributed by atoms with van der Waals surface area (Å²) in [6.45, 7) is 5.38. The normalized spacial score (nSPS) is 19.9. The first-order chi connectivity index (χ1) is 16.4. The van der Waals surface area contributed by atoms with Gasteiger partial charge in [0.15, 0.2) is 6.29 Å². The number of ether oxygens (including phenoxy) is 2. The lowest BCUT2D eigenvalue weighted by Gasteiger charge is -2.31. The number of hydrogen-bond acceptors (Lipinski definition) is 6. The van der Waals surface area contributed by atoms with Gasteiger partial charge in [-0.25, -0.2) is 27.5 Å². The predicted octanol–water partition coefficient (Wildman–Crippen LogP) is 3.50. The number of carbonyl (C=O) groups is 1. The topological polar surface area (TPSA) is 85.4 Å². The molecule has 35 heavy (non-hydrogen) atoms. The Hall–Kier alpha value is -2.73. The van der Waals surface area contributed by atoms with Crippen LogP contribution in [-0.2, 0) is 19.7 Å². The van der Waals surface area contributed by atoms with Crippen LogP contribution in [0.4, 0.5) is 23.4 Å². The van der Waals surface area contributed by atoms with Crippen LogP contribution < -0.4 is 10.6 Å². The molecule has 1 aromatic carbocycles. The van der Waals surface area contributed by atoms with Gasteiger partial charge < -0.3 is 20.1 Å². The summed E-state index contributed by atoms with van der Waals surface area (Å²) in [5, 5.41) is 5.71. The minimum absolute atomic E-state index is 0.0384. The van der Waals surface area contributed by atoms with Crippen LogP contribution in [0.15, 0.2) is 18.2 Å². The first-order valence-corrected chi connectivity index (χ1v) is 11.3. The maximum atomic E-state index is 15.5. The maximum Gasteiger partial charge on any atom is 0.266 e. The van der Waals surface area contributed by atoms with Crippen molar-refractivity contribution in [2.45, 2.75) is 63.5 Å². The largest absolute Gasteiger partial charge is 0.368 e. The lowest BCUT2D eigenvalue weighted by Crippen LogP contribution is -2.38. The number of nitrogens with zero attached hydrogens (tertiary/aromatic N) is 2. The lowest BCUT2D eigenvalue weighted by atomic mass is 9.73. The molecule has 188 valence electrons. The molecule has 1 amide bonds. The number of amides is 1. The standard InChI is InChI=1S/C23H27BF4N4O3/c1-11-29-17(16(26)20(33)32-22(2)7-8-22)14(21-34-9-10-35-21)19(30-11)31-23(3,24)13-6-4-5-12(15(13)25)18(27)28/h4-6,16,18,21H,7-10,24H2,1-3H3,(H,32,33)(H,29,30,31)/t16?,23-/m1/s1. The van der Waals surface area contributed by atoms with Crippen LogP contribution in [0.25, 0.3) is 0 Å². The summed E-state index contributed by atoms with van der Waals surface area (Å²) in [5.41, 5.74) is -2.64. The van der Waals surface area contributed by atoms with Gasteiger partial charge in [-0.3, -0.25) is 4.79 Å². The number of anilines is 1. The van der Waals surface area contributed by atoms with Crippen molar-refractivity contribution in [2.24, 2.45) is 0 Å². The van der Waals surface area contributed by atoms with Crippen molar-refractivity contribution >= 4 is 19.6 Å². The van der Waals surface area contributed by atoms with E-state index in [0.717, 1.165) is 18.9 Å². The number of halogens is 4. The molecule has 2 aromatic rings. The molecule has 7 nitrogen and oxygen atoms in total. The second kappa shape index (κ2) is 9.38. The molecular formula is C23H27BF4N4O3. The van der Waals surface area contributed by atoms with E-state index in [0.29, 0.717) is 0 Å². The van der Waals surface area contributed by atoms with E-state index in [1.165, 1.54) is 19.1 Å². The zero-order valence-electron chi connectivity index (χ0n) is 19.9. The number of carbonyl (C=O) groups excluding carboxylic acids is 1. The monoisotopic (exact) mass is 494 g/mol. The van der Waals surface area contributed by atoms with Gasteiger partial charge in [0, 0.05) is 16.5 Å². The van der Waals surface area contributed by atoms with Crippen molar-refractivity contribution in [3.05, 3.63) is 52.2 Å². The molecule has 0 spiro atoms. The Morgan fingerprint density at radius 3 is 2.49 bits per heavy atom. The highest BCUT2D eigenvalue weighted by molar-refractivity contribution is 6.17. The lowest BCUT2D eigenvalue weighted by molar-refractivity contribution is -0.127. The predicted molar refractivity (Wildman–Crippen MR) is 122 cm³/mol. The van der Waals surface area contributed by atoms with Crippen molar-refractivity contribution in [3.63, 3.8) is 0 Å². The highest BCUT2D eigenvalue weighted by atomic mass is 19.3. The van der Waals surface area contributed by atoms with E-state index in [1.54, 1.807) is 14.8 Å². The number of aryl methyl sites for hydroxylation is 1. The van der Waals surface area contributed by atoms with E-state index >= 15 is 4.39 Å². The Morgan fingerprint density at radius 2 is 1.89 bits per heavy atom. The highest BCUT2D eigenvalue weighted by Gasteiger charge is 2.42. The Balaban J connectivity index is 1.75. The molecule has 2 aliphatic rings. The van der Waals surface area contributed by atoms with E-state index in [9.17, 15) is 18.0 Å². The fourth-order valence-electron chi connectivity index (χ4n) is 4.01. The molecule has 1 aliphatic heterocycles. The van der Waals surface area contributed by atoms with E-state index in [1.807, 2.05) is 6.92 Å². The first-order valence-electron chi connectivity index (χ1n) is 11.3. The fourth-order valence-corrected chi connectivity index (χ4v) is 4.01. The van der Waals surface area contributed by atoms with Gasteiger partial charge in [0.2, 0.25) is 6.17 Å². The molecule has 1 aliphatic carbocycles. The van der Waals surface area contributed by atoms with Gasteiger partial charge in [-0.15, -0.1) is 0 Å². The summed E-state index contributed by atoms with van der Waals surface area (Å²) in [6, 6.07) is 3.74. The molecule has 1 aromatic heterocycles. The summed E-state index contributed by atoms with van der Waals surface area (Å²) in [6.07, 6.45) is -4.70. The third-order valence-corrected chi connectivity index (χ3v) is 6.21. The summed E-state index contributed by atoms with van der Waals surface area (Å²) >= 11 is 0. The number of rotatable bonds is 8. The number of aromatic nitrogens is 2. The molecule has 1 unspecified atom stereocenters. The average molecular weight is 494 g/mol. The quantitative estimate of drug-likeness (QED) is 0.432. The fraction of sp³-hybridized carbons (Fsp3) is 0.522. The molecule has 0 bridgehead atoms. The van der Waals surface area contributed by atoms with Gasteiger partial charge in [-0.05, 0) is 33.6 Å². The summed E-state index contributed by atoms with van der Waals surface area (Å²) in [5.74, 6) is -1.70. The second-order valence-electron chi connectivity index (χ2n) is 9.66. The van der Waals surface area contributed by atoms with Crippen LogP contribution in [0.2, 0.25) is 0 Å². The molecule has 4 rings (SSSR count). The second-order valence-corrected chi connectivity index (χ2v) is 9.66. The molecule has 2 fully saturated rings. The smallest absolute Gasteiger partial charge is 0.266 e. The zero-order chi connectivity index (χ0) is 25.5. The summed E-state index contributed by atoms with van der Waals surface area (Å²) < 4.78 is 68.3. The van der Waals surface area contributed by atoms with Gasteiger partial charge >= 0.3 is 0 Å². The van der Waals surface area contributed by atoms with Gasteiger partial charge in [0.05, 0.1) is 30.0 Å². The van der Waals surface area contributed by atoms with E-state index < -0.39 is 47.2 Å². The van der Waals surface area contributed by atoms with Crippen molar-refractivity contribution in [1.82, 2.24) is 15.3 Å². The molecule has 2 heterocycles. The van der Waals surface area contributed by atoms with Crippen molar-refractivity contribution in [3.8, 4) is 0 Å². The van der Waals surface area contributed by atoms with E-state index in [2.05, 4.69) is 20.6 Å². The molecular weight excluding hydrogens is 467 g/mol. The van der Waals surface area contributed by atoms with Gasteiger partial charge in [-0.2, -0.15) is 0 Å². The van der Waals surface area contributed by atoms with E-state index in [-0.39, 0.29) is 41.7 Å². The Morgan fingerprint density at radius 1 is 1.23 bits per heavy atom. The van der Waals surface area contributed by atoms with Crippen molar-refractivity contribution in [1.29, 1.82) is 0 Å². The third kappa shape index (κ3) is 5.28. The summed E-state index contributed by atoms with van der Waals surface area (Å²) in [7, 11) is 1.57.